The zero-order valence-corrected chi connectivity index (χ0v) is 15.2. The summed E-state index contributed by atoms with van der Waals surface area (Å²) in [6.45, 7) is 4.16. The third-order valence-corrected chi connectivity index (χ3v) is 6.28. The first-order chi connectivity index (χ1) is 13.0. The van der Waals surface area contributed by atoms with Gasteiger partial charge in [-0.3, -0.25) is 14.3 Å². The number of aryl methyl sites for hydroxylation is 1. The largest absolute Gasteiger partial charge is 0.274 e. The molecule has 2 aliphatic carbocycles. The summed E-state index contributed by atoms with van der Waals surface area (Å²) in [7, 11) is 0. The van der Waals surface area contributed by atoms with Gasteiger partial charge in [0.05, 0.1) is 35.5 Å². The molecule has 1 aromatic heterocycles. The monoisotopic (exact) mass is 365 g/mol. The lowest BCUT2D eigenvalue weighted by Gasteiger charge is -2.18. The molecule has 2 fully saturated rings. The molecule has 1 saturated heterocycles. The molecule has 5 rings (SSSR count). The molecule has 1 saturated carbocycles. The highest BCUT2D eigenvalue weighted by molar-refractivity contribution is 6.23. The number of carbonyl (C=O) groups excluding carboxylic acids is 2. The van der Waals surface area contributed by atoms with Crippen LogP contribution in [0.4, 0.5) is 10.1 Å². The van der Waals surface area contributed by atoms with E-state index < -0.39 is 0 Å². The van der Waals surface area contributed by atoms with Crippen molar-refractivity contribution in [2.75, 3.05) is 4.90 Å². The van der Waals surface area contributed by atoms with Crippen molar-refractivity contribution in [3.63, 3.8) is 0 Å². The number of hydrogen-bond donors (Lipinski definition) is 0. The van der Waals surface area contributed by atoms with E-state index in [1.54, 1.807) is 16.8 Å². The number of fused-ring (bicyclic) bond motifs is 5. The van der Waals surface area contributed by atoms with Crippen LogP contribution in [0.2, 0.25) is 0 Å². The second-order valence-corrected chi connectivity index (χ2v) is 7.82. The number of benzene rings is 1. The standard InChI is InChI=1S/C21H20FN3O2/c1-11-19(12(2)24(23-11)10-13-3-7-16(22)8-4-13)25-20(26)17-14-5-6-15(9-14)18(17)21(25)27/h3-8,14-15,17-18H,9-10H2,1-2H3/t14-,15-,17+,18+/m0/s1. The molecular formula is C21H20FN3O2. The Hall–Kier alpha value is -2.76. The van der Waals surface area contributed by atoms with Gasteiger partial charge in [0, 0.05) is 0 Å². The number of halogens is 1. The van der Waals surface area contributed by atoms with Gasteiger partial charge in [0.2, 0.25) is 11.8 Å². The van der Waals surface area contributed by atoms with Crippen molar-refractivity contribution in [2.45, 2.75) is 26.8 Å². The molecule has 138 valence electrons. The molecule has 0 N–H and O–H groups in total. The number of rotatable bonds is 3. The van der Waals surface area contributed by atoms with Crippen LogP contribution >= 0.6 is 0 Å². The van der Waals surface area contributed by atoms with Crippen LogP contribution in [0.3, 0.4) is 0 Å². The normalized spacial score (nSPS) is 28.5. The van der Waals surface area contributed by atoms with Crippen LogP contribution in [0.15, 0.2) is 36.4 Å². The second kappa shape index (κ2) is 5.62. The van der Waals surface area contributed by atoms with Crippen LogP contribution in [-0.4, -0.2) is 21.6 Å². The first-order valence-electron chi connectivity index (χ1n) is 9.30. The fourth-order valence-electron chi connectivity index (χ4n) is 5.05. The number of imide groups is 1. The van der Waals surface area contributed by atoms with Crippen LogP contribution in [0.1, 0.15) is 23.4 Å². The number of nitrogens with zero attached hydrogens (tertiary/aromatic N) is 3. The predicted octanol–water partition coefficient (Wildman–Crippen LogP) is 3.00. The second-order valence-electron chi connectivity index (χ2n) is 7.82. The number of aromatic nitrogens is 2. The minimum atomic E-state index is -0.282. The highest BCUT2D eigenvalue weighted by Gasteiger charge is 2.60. The Morgan fingerprint density at radius 3 is 2.22 bits per heavy atom. The predicted molar refractivity (Wildman–Crippen MR) is 97.4 cm³/mol. The Morgan fingerprint density at radius 1 is 1.04 bits per heavy atom. The number of allylic oxidation sites excluding steroid dienone is 2. The van der Waals surface area contributed by atoms with E-state index in [1.807, 2.05) is 13.8 Å². The van der Waals surface area contributed by atoms with Gasteiger partial charge in [-0.1, -0.05) is 24.3 Å². The Labute approximate surface area is 156 Å². The van der Waals surface area contributed by atoms with Crippen molar-refractivity contribution in [3.05, 3.63) is 59.2 Å². The zero-order chi connectivity index (χ0) is 18.9. The molecule has 4 atom stereocenters. The van der Waals surface area contributed by atoms with E-state index in [4.69, 9.17) is 0 Å². The number of carbonyl (C=O) groups is 2. The summed E-state index contributed by atoms with van der Waals surface area (Å²) < 4.78 is 14.9. The summed E-state index contributed by atoms with van der Waals surface area (Å²) in [5.74, 6) is -0.509. The minimum Gasteiger partial charge on any atom is -0.274 e. The molecule has 1 aliphatic heterocycles. The van der Waals surface area contributed by atoms with Crippen molar-refractivity contribution in [3.8, 4) is 0 Å². The molecule has 27 heavy (non-hydrogen) atoms. The van der Waals surface area contributed by atoms with Gasteiger partial charge in [-0.05, 0) is 49.8 Å². The minimum absolute atomic E-state index is 0.0885. The Kier molecular flexibility index (Phi) is 3.41. The van der Waals surface area contributed by atoms with E-state index in [0.29, 0.717) is 17.9 Å². The van der Waals surface area contributed by atoms with Gasteiger partial charge in [0.1, 0.15) is 5.82 Å². The Balaban J connectivity index is 1.49. The summed E-state index contributed by atoms with van der Waals surface area (Å²) in [5.41, 5.74) is 2.96. The van der Waals surface area contributed by atoms with Crippen molar-refractivity contribution in [1.82, 2.24) is 9.78 Å². The van der Waals surface area contributed by atoms with Crippen molar-refractivity contribution >= 4 is 17.5 Å². The topological polar surface area (TPSA) is 55.2 Å². The molecule has 2 bridgehead atoms. The van der Waals surface area contributed by atoms with E-state index in [9.17, 15) is 14.0 Å². The maximum absolute atomic E-state index is 13.1. The van der Waals surface area contributed by atoms with Gasteiger partial charge < -0.3 is 0 Å². The van der Waals surface area contributed by atoms with Crippen molar-refractivity contribution < 1.29 is 14.0 Å². The smallest absolute Gasteiger partial charge is 0.238 e. The average molecular weight is 365 g/mol. The third-order valence-electron chi connectivity index (χ3n) is 6.28. The maximum atomic E-state index is 13.1. The third kappa shape index (κ3) is 2.25. The quantitative estimate of drug-likeness (QED) is 0.621. The summed E-state index contributed by atoms with van der Waals surface area (Å²) in [6.07, 6.45) is 5.11. The lowest BCUT2D eigenvalue weighted by atomic mass is 9.85. The summed E-state index contributed by atoms with van der Waals surface area (Å²) in [5, 5.41) is 4.55. The van der Waals surface area contributed by atoms with Crippen LogP contribution < -0.4 is 4.90 Å². The summed E-state index contributed by atoms with van der Waals surface area (Å²) in [6, 6.07) is 6.26. The van der Waals surface area contributed by atoms with Gasteiger partial charge in [-0.15, -0.1) is 0 Å². The molecule has 3 aliphatic rings. The SMILES string of the molecule is Cc1nn(Cc2ccc(F)cc2)c(C)c1N1C(=O)[C@H]2[C@H](C1=O)[C@H]1C=C[C@H]2C1. The van der Waals surface area contributed by atoms with Gasteiger partial charge in [-0.2, -0.15) is 5.10 Å². The summed E-state index contributed by atoms with van der Waals surface area (Å²) >= 11 is 0. The lowest BCUT2D eigenvalue weighted by molar-refractivity contribution is -0.123. The number of anilines is 1. The highest BCUT2D eigenvalue weighted by atomic mass is 19.1. The molecule has 0 unspecified atom stereocenters. The van der Waals surface area contributed by atoms with Gasteiger partial charge >= 0.3 is 0 Å². The summed E-state index contributed by atoms with van der Waals surface area (Å²) in [4.78, 5) is 27.6. The van der Waals surface area contributed by atoms with E-state index in [-0.39, 0.29) is 41.3 Å². The molecule has 1 aromatic carbocycles. The van der Waals surface area contributed by atoms with Crippen LogP contribution in [-0.2, 0) is 16.1 Å². The zero-order valence-electron chi connectivity index (χ0n) is 15.2. The molecule has 0 radical (unpaired) electrons. The van der Waals surface area contributed by atoms with Crippen molar-refractivity contribution in [2.24, 2.45) is 23.7 Å². The molecule has 6 heteroatoms. The molecule has 2 aromatic rings. The first-order valence-corrected chi connectivity index (χ1v) is 9.30. The fourth-order valence-corrected chi connectivity index (χ4v) is 5.05. The van der Waals surface area contributed by atoms with Crippen LogP contribution in [0.5, 0.6) is 0 Å². The van der Waals surface area contributed by atoms with E-state index in [1.165, 1.54) is 17.0 Å². The number of amides is 2. The molecule has 0 spiro atoms. The highest BCUT2D eigenvalue weighted by Crippen LogP contribution is 2.53. The molecule has 5 nitrogen and oxygen atoms in total. The lowest BCUT2D eigenvalue weighted by Crippen LogP contribution is -2.33. The van der Waals surface area contributed by atoms with Crippen LogP contribution in [0, 0.1) is 43.3 Å². The maximum Gasteiger partial charge on any atom is 0.238 e. The number of hydrogen-bond acceptors (Lipinski definition) is 3. The Bertz CT molecular complexity index is 962. The average Bonchev–Trinajstić information content (AvgIpc) is 3.37. The first kappa shape index (κ1) is 16.4. The van der Waals surface area contributed by atoms with Gasteiger partial charge in [0.15, 0.2) is 0 Å². The molecule has 2 heterocycles. The fraction of sp³-hybridized carbons (Fsp3) is 0.381. The van der Waals surface area contributed by atoms with Gasteiger partial charge in [0.25, 0.3) is 0 Å². The van der Waals surface area contributed by atoms with Gasteiger partial charge in [-0.25, -0.2) is 9.29 Å². The van der Waals surface area contributed by atoms with E-state index in [2.05, 4.69) is 17.3 Å². The van der Waals surface area contributed by atoms with E-state index >= 15 is 0 Å². The Morgan fingerprint density at radius 2 is 1.63 bits per heavy atom. The van der Waals surface area contributed by atoms with Crippen molar-refractivity contribution in [1.29, 1.82) is 0 Å². The molecular weight excluding hydrogens is 345 g/mol. The van der Waals surface area contributed by atoms with E-state index in [0.717, 1.165) is 17.7 Å². The molecule has 2 amide bonds. The van der Waals surface area contributed by atoms with Crippen LogP contribution in [0.25, 0.3) is 0 Å².